The summed E-state index contributed by atoms with van der Waals surface area (Å²) >= 11 is 0. The zero-order chi connectivity index (χ0) is 20.5. The Morgan fingerprint density at radius 1 is 1.14 bits per heavy atom. The van der Waals surface area contributed by atoms with Crippen molar-refractivity contribution in [3.05, 3.63) is 71.9 Å². The molecule has 2 heterocycles. The Hall–Kier alpha value is -3.74. The van der Waals surface area contributed by atoms with Gasteiger partial charge in [-0.25, -0.2) is 9.18 Å². The Balaban J connectivity index is 1.51. The molecule has 1 unspecified atom stereocenters. The molecule has 1 N–H and O–H groups in total. The molecule has 1 amide bonds. The van der Waals surface area contributed by atoms with Gasteiger partial charge in [-0.3, -0.25) is 9.78 Å². The van der Waals surface area contributed by atoms with Gasteiger partial charge in [0.05, 0.1) is 11.2 Å². The molecule has 6 nitrogen and oxygen atoms in total. The molecule has 4 rings (SSSR count). The topological polar surface area (TPSA) is 81.4 Å². The lowest BCUT2D eigenvalue weighted by Crippen LogP contribution is -2.30. The molecule has 2 aromatic heterocycles. The summed E-state index contributed by atoms with van der Waals surface area (Å²) in [5, 5.41) is 4.01. The number of carbonyl (C=O) groups is 2. The van der Waals surface area contributed by atoms with E-state index in [1.54, 1.807) is 31.3 Å². The van der Waals surface area contributed by atoms with Crippen LogP contribution in [0.4, 0.5) is 10.1 Å². The summed E-state index contributed by atoms with van der Waals surface area (Å²) in [4.78, 5) is 29.3. The third-order valence-corrected chi connectivity index (χ3v) is 4.64. The molecular weight excluding hydrogens is 375 g/mol. The minimum absolute atomic E-state index is 0.0559. The molecule has 0 saturated carbocycles. The van der Waals surface area contributed by atoms with E-state index in [-0.39, 0.29) is 5.76 Å². The number of rotatable bonds is 4. The highest BCUT2D eigenvalue weighted by Gasteiger charge is 2.24. The second-order valence-electron chi connectivity index (χ2n) is 6.61. The van der Waals surface area contributed by atoms with Gasteiger partial charge in [0.25, 0.3) is 5.91 Å². The Bertz CT molecular complexity index is 1240. The highest BCUT2D eigenvalue weighted by atomic mass is 19.1. The minimum Gasteiger partial charge on any atom is -0.449 e. The monoisotopic (exact) mass is 392 g/mol. The number of esters is 1. The van der Waals surface area contributed by atoms with Crippen LogP contribution in [0.15, 0.2) is 59.1 Å². The first-order chi connectivity index (χ1) is 13.9. The van der Waals surface area contributed by atoms with E-state index in [0.29, 0.717) is 22.2 Å². The lowest BCUT2D eigenvalue weighted by Gasteiger charge is -2.14. The number of carbonyl (C=O) groups excluding carboxylic acids is 2. The van der Waals surface area contributed by atoms with E-state index in [4.69, 9.17) is 9.15 Å². The second kappa shape index (κ2) is 7.35. The normalized spacial score (nSPS) is 12.1. The van der Waals surface area contributed by atoms with Crippen LogP contribution in [0.3, 0.4) is 0 Å². The summed E-state index contributed by atoms with van der Waals surface area (Å²) in [6, 6.07) is 12.9. The number of aryl methyl sites for hydroxylation is 1. The van der Waals surface area contributed by atoms with Crippen molar-refractivity contribution in [2.75, 3.05) is 5.32 Å². The molecular formula is C22H17FN2O4. The van der Waals surface area contributed by atoms with Crippen LogP contribution in [0, 0.1) is 12.7 Å². The molecule has 0 bridgehead atoms. The summed E-state index contributed by atoms with van der Waals surface area (Å²) in [7, 11) is 0. The number of nitrogens with one attached hydrogen (secondary N) is 1. The van der Waals surface area contributed by atoms with E-state index in [2.05, 4.69) is 10.3 Å². The van der Waals surface area contributed by atoms with Crippen molar-refractivity contribution in [1.29, 1.82) is 0 Å². The molecule has 0 spiro atoms. The van der Waals surface area contributed by atoms with Crippen LogP contribution in [0.1, 0.15) is 23.0 Å². The fourth-order valence-electron chi connectivity index (χ4n) is 3.10. The number of ether oxygens (including phenoxy) is 1. The molecule has 0 radical (unpaired) electrons. The minimum atomic E-state index is -1.07. The maximum atomic E-state index is 13.4. The third-order valence-electron chi connectivity index (χ3n) is 4.64. The first-order valence-corrected chi connectivity index (χ1v) is 8.98. The van der Waals surface area contributed by atoms with Gasteiger partial charge in [-0.15, -0.1) is 0 Å². The number of hydrogen-bond donors (Lipinski definition) is 1. The van der Waals surface area contributed by atoms with E-state index in [9.17, 15) is 14.0 Å². The number of pyridine rings is 1. The number of furan rings is 1. The van der Waals surface area contributed by atoms with Gasteiger partial charge in [0.15, 0.2) is 6.10 Å². The van der Waals surface area contributed by atoms with Gasteiger partial charge in [0, 0.05) is 22.5 Å². The molecule has 0 aliphatic rings. The fraction of sp³-hybridized carbons (Fsp3) is 0.136. The fourth-order valence-corrected chi connectivity index (χ4v) is 3.10. The van der Waals surface area contributed by atoms with Crippen molar-refractivity contribution in [2.24, 2.45) is 0 Å². The van der Waals surface area contributed by atoms with Crippen LogP contribution in [0.25, 0.3) is 21.9 Å². The number of amides is 1. The molecule has 1 atom stereocenters. The smallest absolute Gasteiger partial charge is 0.375 e. The van der Waals surface area contributed by atoms with Crippen molar-refractivity contribution < 1.29 is 23.1 Å². The number of hydrogen-bond acceptors (Lipinski definition) is 5. The van der Waals surface area contributed by atoms with E-state index in [1.807, 2.05) is 12.1 Å². The second-order valence-corrected chi connectivity index (χ2v) is 6.61. The van der Waals surface area contributed by atoms with Gasteiger partial charge < -0.3 is 14.5 Å². The maximum Gasteiger partial charge on any atom is 0.375 e. The first kappa shape index (κ1) is 18.6. The number of aromatic nitrogens is 1. The molecule has 0 saturated heterocycles. The highest BCUT2D eigenvalue weighted by molar-refractivity contribution is 6.03. The van der Waals surface area contributed by atoms with E-state index in [0.717, 1.165) is 10.9 Å². The lowest BCUT2D eigenvalue weighted by molar-refractivity contribution is -0.123. The molecule has 146 valence electrons. The van der Waals surface area contributed by atoms with Crippen LogP contribution in [0.2, 0.25) is 0 Å². The van der Waals surface area contributed by atoms with Crippen LogP contribution < -0.4 is 5.32 Å². The molecule has 2 aromatic carbocycles. The van der Waals surface area contributed by atoms with Crippen molar-refractivity contribution >= 4 is 39.4 Å². The van der Waals surface area contributed by atoms with Crippen LogP contribution in [-0.4, -0.2) is 23.0 Å². The van der Waals surface area contributed by atoms with Gasteiger partial charge >= 0.3 is 5.97 Å². The summed E-state index contributed by atoms with van der Waals surface area (Å²) in [6.07, 6.45) is 0.596. The lowest BCUT2D eigenvalue weighted by atomic mass is 10.1. The quantitative estimate of drug-likeness (QED) is 0.513. The number of halogens is 1. The molecule has 0 aliphatic carbocycles. The predicted molar refractivity (Wildman–Crippen MR) is 106 cm³/mol. The largest absolute Gasteiger partial charge is 0.449 e. The van der Waals surface area contributed by atoms with E-state index >= 15 is 0 Å². The van der Waals surface area contributed by atoms with Crippen molar-refractivity contribution in [3.8, 4) is 0 Å². The number of benzene rings is 2. The van der Waals surface area contributed by atoms with Crippen LogP contribution in [0.5, 0.6) is 0 Å². The summed E-state index contributed by atoms with van der Waals surface area (Å²) in [5.74, 6) is -1.77. The summed E-state index contributed by atoms with van der Waals surface area (Å²) in [6.45, 7) is 3.10. The first-order valence-electron chi connectivity index (χ1n) is 8.98. The molecule has 7 heteroatoms. The maximum absolute atomic E-state index is 13.4. The molecule has 0 aliphatic heterocycles. The SMILES string of the molecule is Cc1c(C(=O)OC(C)C(=O)Nc2cccc3ncccc23)oc2ccc(F)cc12. The van der Waals surface area contributed by atoms with Gasteiger partial charge in [-0.2, -0.15) is 0 Å². The molecule has 0 fully saturated rings. The van der Waals surface area contributed by atoms with Crippen molar-refractivity contribution in [2.45, 2.75) is 20.0 Å². The average molecular weight is 392 g/mol. The molecule has 29 heavy (non-hydrogen) atoms. The summed E-state index contributed by atoms with van der Waals surface area (Å²) in [5.41, 5.74) is 2.13. The number of fused-ring (bicyclic) bond motifs is 2. The predicted octanol–water partition coefficient (Wildman–Crippen LogP) is 4.61. The standard InChI is InChI=1S/C22H17FN2O4/c1-12-16-11-14(23)8-9-19(16)29-20(12)22(27)28-13(2)21(26)25-18-7-3-6-17-15(18)5-4-10-24-17/h3-11,13H,1-2H3,(H,25,26). The van der Waals surface area contributed by atoms with Crippen molar-refractivity contribution in [3.63, 3.8) is 0 Å². The summed E-state index contributed by atoms with van der Waals surface area (Å²) < 4.78 is 24.2. The average Bonchev–Trinajstić information content (AvgIpc) is 3.04. The van der Waals surface area contributed by atoms with Crippen LogP contribution >= 0.6 is 0 Å². The van der Waals surface area contributed by atoms with Gasteiger partial charge in [0.2, 0.25) is 5.76 Å². The van der Waals surface area contributed by atoms with Gasteiger partial charge in [-0.05, 0) is 56.3 Å². The molecule has 4 aromatic rings. The number of nitrogens with zero attached hydrogens (tertiary/aromatic N) is 1. The van der Waals surface area contributed by atoms with E-state index in [1.165, 1.54) is 25.1 Å². The number of anilines is 1. The zero-order valence-electron chi connectivity index (χ0n) is 15.7. The Kier molecular flexibility index (Phi) is 4.72. The Labute approximate surface area is 165 Å². The van der Waals surface area contributed by atoms with Gasteiger partial charge in [0.1, 0.15) is 11.4 Å². The van der Waals surface area contributed by atoms with E-state index < -0.39 is 23.8 Å². The van der Waals surface area contributed by atoms with Gasteiger partial charge in [-0.1, -0.05) is 6.07 Å². The highest BCUT2D eigenvalue weighted by Crippen LogP contribution is 2.27. The Morgan fingerprint density at radius 3 is 2.79 bits per heavy atom. The van der Waals surface area contributed by atoms with Crippen LogP contribution in [-0.2, 0) is 9.53 Å². The zero-order valence-corrected chi connectivity index (χ0v) is 15.7. The Morgan fingerprint density at radius 2 is 1.97 bits per heavy atom. The third kappa shape index (κ3) is 3.54. The van der Waals surface area contributed by atoms with Crippen molar-refractivity contribution in [1.82, 2.24) is 4.98 Å².